The summed E-state index contributed by atoms with van der Waals surface area (Å²) in [5.41, 5.74) is -1.27. The summed E-state index contributed by atoms with van der Waals surface area (Å²) in [7, 11) is 0. The lowest BCUT2D eigenvalue weighted by Gasteiger charge is -2.22. The number of urea groups is 1. The van der Waals surface area contributed by atoms with Gasteiger partial charge in [0.05, 0.1) is 4.92 Å². The Kier molecular flexibility index (Phi) is 4.49. The summed E-state index contributed by atoms with van der Waals surface area (Å²) in [6, 6.07) is 9.68. The molecule has 0 spiro atoms. The Hall–Kier alpha value is -4.15. The molecule has 1 saturated heterocycles. The highest BCUT2D eigenvalue weighted by molar-refractivity contribution is 6.10. The number of anilines is 1. The first-order chi connectivity index (χ1) is 14.3. The number of carbonyl (C=O) groups excluding carboxylic acids is 3. The Balaban J connectivity index is 1.52. The van der Waals surface area contributed by atoms with Gasteiger partial charge in [0.1, 0.15) is 17.8 Å². The minimum atomic E-state index is -1.41. The molecule has 2 heterocycles. The van der Waals surface area contributed by atoms with E-state index in [9.17, 15) is 24.5 Å². The van der Waals surface area contributed by atoms with E-state index in [0.29, 0.717) is 17.1 Å². The predicted molar refractivity (Wildman–Crippen MR) is 102 cm³/mol. The van der Waals surface area contributed by atoms with E-state index in [1.165, 1.54) is 31.2 Å². The zero-order valence-electron chi connectivity index (χ0n) is 15.7. The number of rotatable bonds is 5. The van der Waals surface area contributed by atoms with Crippen LogP contribution < -0.4 is 20.1 Å². The maximum atomic E-state index is 13.0. The number of hydrogen-bond donors (Lipinski definition) is 2. The maximum absolute atomic E-state index is 13.0. The zero-order valence-corrected chi connectivity index (χ0v) is 15.7. The zero-order chi connectivity index (χ0) is 21.5. The molecule has 4 rings (SSSR count). The number of hydrogen-bond acceptors (Lipinski definition) is 7. The van der Waals surface area contributed by atoms with Gasteiger partial charge in [-0.15, -0.1) is 0 Å². The Bertz CT molecular complexity index is 1090. The van der Waals surface area contributed by atoms with Crippen LogP contribution in [0.2, 0.25) is 0 Å². The first kappa shape index (κ1) is 19.2. The van der Waals surface area contributed by atoms with Crippen LogP contribution in [0, 0.1) is 10.1 Å². The van der Waals surface area contributed by atoms with Gasteiger partial charge in [0.15, 0.2) is 11.5 Å². The van der Waals surface area contributed by atoms with Gasteiger partial charge in [-0.1, -0.05) is 18.2 Å². The number of ether oxygens (including phenoxy) is 2. The Morgan fingerprint density at radius 2 is 1.97 bits per heavy atom. The normalized spacial score (nSPS) is 19.6. The van der Waals surface area contributed by atoms with Crippen molar-refractivity contribution in [3.63, 3.8) is 0 Å². The van der Waals surface area contributed by atoms with E-state index in [2.05, 4.69) is 10.6 Å². The molecular formula is C19H16N4O7. The predicted octanol–water partition coefficient (Wildman–Crippen LogP) is 1.73. The number of nitro groups is 1. The van der Waals surface area contributed by atoms with Crippen molar-refractivity contribution in [3.05, 3.63) is 58.1 Å². The van der Waals surface area contributed by atoms with Gasteiger partial charge < -0.3 is 20.1 Å². The third kappa shape index (κ3) is 3.15. The van der Waals surface area contributed by atoms with Gasteiger partial charge >= 0.3 is 6.03 Å². The van der Waals surface area contributed by atoms with Crippen LogP contribution in [-0.4, -0.2) is 41.0 Å². The summed E-state index contributed by atoms with van der Waals surface area (Å²) in [5.74, 6) is -0.407. The number of amides is 4. The molecule has 2 aliphatic heterocycles. The molecule has 0 saturated carbocycles. The van der Waals surface area contributed by atoms with Gasteiger partial charge in [0.2, 0.25) is 12.7 Å². The fourth-order valence-corrected chi connectivity index (χ4v) is 3.32. The van der Waals surface area contributed by atoms with E-state index in [4.69, 9.17) is 9.47 Å². The molecule has 2 N–H and O–H groups in total. The van der Waals surface area contributed by atoms with Gasteiger partial charge in [-0.05, 0) is 30.7 Å². The topological polar surface area (TPSA) is 140 Å². The highest BCUT2D eigenvalue weighted by atomic mass is 16.7. The van der Waals surface area contributed by atoms with Crippen molar-refractivity contribution in [2.24, 2.45) is 0 Å². The lowest BCUT2D eigenvalue weighted by molar-refractivity contribution is -0.383. The summed E-state index contributed by atoms with van der Waals surface area (Å²) < 4.78 is 10.6. The van der Waals surface area contributed by atoms with Crippen LogP contribution in [0.3, 0.4) is 0 Å². The van der Waals surface area contributed by atoms with E-state index >= 15 is 0 Å². The monoisotopic (exact) mass is 412 g/mol. The van der Waals surface area contributed by atoms with Gasteiger partial charge in [-0.3, -0.25) is 24.6 Å². The quantitative estimate of drug-likeness (QED) is 0.433. The van der Waals surface area contributed by atoms with Crippen molar-refractivity contribution in [1.82, 2.24) is 10.2 Å². The van der Waals surface area contributed by atoms with E-state index in [1.54, 1.807) is 18.2 Å². The van der Waals surface area contributed by atoms with Crippen molar-refractivity contribution in [1.29, 1.82) is 0 Å². The number of nitro benzene ring substituents is 1. The van der Waals surface area contributed by atoms with Crippen molar-refractivity contribution in [2.75, 3.05) is 18.7 Å². The molecule has 0 aromatic heterocycles. The van der Waals surface area contributed by atoms with Gasteiger partial charge in [-0.2, -0.15) is 0 Å². The van der Waals surface area contributed by atoms with Crippen LogP contribution >= 0.6 is 0 Å². The molecule has 0 bridgehead atoms. The molecule has 2 aromatic carbocycles. The largest absolute Gasteiger partial charge is 0.454 e. The Labute approximate surface area is 169 Å². The number of carbonyl (C=O) groups is 3. The molecule has 0 unspecified atom stereocenters. The number of fused-ring (bicyclic) bond motifs is 1. The molecule has 30 heavy (non-hydrogen) atoms. The molecule has 11 nitrogen and oxygen atoms in total. The summed E-state index contributed by atoms with van der Waals surface area (Å²) in [4.78, 5) is 49.0. The first-order valence-electron chi connectivity index (χ1n) is 8.87. The van der Waals surface area contributed by atoms with Crippen LogP contribution in [0.25, 0.3) is 0 Å². The fraction of sp³-hybridized carbons (Fsp3) is 0.211. The van der Waals surface area contributed by atoms with Crippen molar-refractivity contribution < 1.29 is 28.8 Å². The Morgan fingerprint density at radius 3 is 2.73 bits per heavy atom. The SMILES string of the molecule is C[C@]1(c2ccc3c(c2)OCO3)NC(=O)N(CC(=O)Nc2ccccc2[N+](=O)[O-])C1=O. The molecule has 11 heteroatoms. The summed E-state index contributed by atoms with van der Waals surface area (Å²) in [6.07, 6.45) is 0. The van der Waals surface area contributed by atoms with Crippen LogP contribution in [0.15, 0.2) is 42.5 Å². The lowest BCUT2D eigenvalue weighted by Crippen LogP contribution is -2.42. The average molecular weight is 412 g/mol. The van der Waals surface area contributed by atoms with Crippen LogP contribution in [0.1, 0.15) is 12.5 Å². The van der Waals surface area contributed by atoms with Gasteiger partial charge in [0.25, 0.3) is 11.6 Å². The number of nitrogens with zero attached hydrogens (tertiary/aromatic N) is 2. The van der Waals surface area contributed by atoms with E-state index in [1.807, 2.05) is 0 Å². The summed E-state index contributed by atoms with van der Waals surface area (Å²) in [6.45, 7) is 0.981. The first-order valence-corrected chi connectivity index (χ1v) is 8.87. The second-order valence-corrected chi connectivity index (χ2v) is 6.84. The summed E-state index contributed by atoms with van der Waals surface area (Å²) >= 11 is 0. The standard InChI is InChI=1S/C19H16N4O7/c1-19(11-6-7-14-15(8-11)30-10-29-14)17(25)22(18(26)21-19)9-16(24)20-12-4-2-3-5-13(12)23(27)28/h2-8H,9-10H2,1H3,(H,20,24)(H,21,26)/t19-/m1/s1. The molecule has 0 radical (unpaired) electrons. The molecular weight excluding hydrogens is 396 g/mol. The highest BCUT2D eigenvalue weighted by Gasteiger charge is 2.50. The highest BCUT2D eigenvalue weighted by Crippen LogP contribution is 2.37. The van der Waals surface area contributed by atoms with Gasteiger partial charge in [-0.25, -0.2) is 4.79 Å². The van der Waals surface area contributed by atoms with E-state index in [0.717, 1.165) is 4.90 Å². The minimum absolute atomic E-state index is 0.0295. The van der Waals surface area contributed by atoms with Crippen molar-refractivity contribution >= 4 is 29.2 Å². The van der Waals surface area contributed by atoms with Crippen molar-refractivity contribution in [3.8, 4) is 11.5 Å². The summed E-state index contributed by atoms with van der Waals surface area (Å²) in [5, 5.41) is 16.0. The third-order valence-electron chi connectivity index (χ3n) is 4.90. The number of para-hydroxylation sites is 2. The maximum Gasteiger partial charge on any atom is 0.325 e. The van der Waals surface area contributed by atoms with Crippen molar-refractivity contribution in [2.45, 2.75) is 12.5 Å². The number of nitrogens with one attached hydrogen (secondary N) is 2. The third-order valence-corrected chi connectivity index (χ3v) is 4.90. The molecule has 2 aromatic rings. The molecule has 1 fully saturated rings. The van der Waals surface area contributed by atoms with Crippen LogP contribution in [-0.2, 0) is 15.1 Å². The molecule has 1 atom stereocenters. The molecule has 4 amide bonds. The minimum Gasteiger partial charge on any atom is -0.454 e. The molecule has 0 aliphatic carbocycles. The van der Waals surface area contributed by atoms with E-state index < -0.39 is 34.9 Å². The lowest BCUT2D eigenvalue weighted by atomic mass is 9.91. The second-order valence-electron chi connectivity index (χ2n) is 6.84. The molecule has 2 aliphatic rings. The van der Waals surface area contributed by atoms with E-state index in [-0.39, 0.29) is 18.2 Å². The molecule has 154 valence electrons. The smallest absolute Gasteiger partial charge is 0.325 e. The fourth-order valence-electron chi connectivity index (χ4n) is 3.32. The van der Waals surface area contributed by atoms with Crippen LogP contribution in [0.4, 0.5) is 16.2 Å². The average Bonchev–Trinajstić information content (AvgIpc) is 3.26. The van der Waals surface area contributed by atoms with Gasteiger partial charge in [0, 0.05) is 6.07 Å². The van der Waals surface area contributed by atoms with Crippen LogP contribution in [0.5, 0.6) is 11.5 Å². The Morgan fingerprint density at radius 1 is 1.23 bits per heavy atom. The number of benzene rings is 2. The number of imide groups is 1. The second kappa shape index (κ2) is 7.03.